The second kappa shape index (κ2) is 5.61. The summed E-state index contributed by atoms with van der Waals surface area (Å²) in [5.41, 5.74) is 6.57. The van der Waals surface area contributed by atoms with Gasteiger partial charge in [-0.1, -0.05) is 20.3 Å². The molecule has 3 rings (SSSR count). The second-order valence-electron chi connectivity index (χ2n) is 8.40. The van der Waals surface area contributed by atoms with E-state index in [-0.39, 0.29) is 5.54 Å². The monoisotopic (exact) mass is 278 g/mol. The first-order valence-electron chi connectivity index (χ1n) is 8.96. The summed E-state index contributed by atoms with van der Waals surface area (Å²) in [6, 6.07) is 0. The topological polar surface area (TPSA) is 29.3 Å². The van der Waals surface area contributed by atoms with Crippen LogP contribution in [0.25, 0.3) is 0 Å². The van der Waals surface area contributed by atoms with Crippen LogP contribution in [0.4, 0.5) is 0 Å². The molecule has 3 aliphatic rings. The predicted molar refractivity (Wildman–Crippen MR) is 85.5 cm³/mol. The van der Waals surface area contributed by atoms with Crippen LogP contribution >= 0.6 is 0 Å². The lowest BCUT2D eigenvalue weighted by molar-refractivity contribution is 0.00331. The highest BCUT2D eigenvalue weighted by molar-refractivity contribution is 5.00. The molecule has 0 heterocycles. The number of nitrogens with two attached hydrogens (primary N) is 1. The lowest BCUT2D eigenvalue weighted by atomic mass is 9.68. The zero-order chi connectivity index (χ0) is 14.3. The Morgan fingerprint density at radius 2 is 1.90 bits per heavy atom. The minimum Gasteiger partial charge on any atom is -0.329 e. The number of rotatable bonds is 4. The second-order valence-corrected chi connectivity index (χ2v) is 8.40. The molecule has 0 aliphatic heterocycles. The molecule has 2 bridgehead atoms. The standard InChI is InChI=1S/C18H34N2/c1-13-6-7-18(12-19,14(2)8-13)20(3)11-17-10-15-4-5-16(17)9-15/h13-17H,4-12,19H2,1-3H3. The van der Waals surface area contributed by atoms with Gasteiger partial charge in [-0.2, -0.15) is 0 Å². The van der Waals surface area contributed by atoms with Crippen LogP contribution in [0, 0.1) is 29.6 Å². The smallest absolute Gasteiger partial charge is 0.0354 e. The zero-order valence-corrected chi connectivity index (χ0v) is 13.8. The number of hydrogen-bond donors (Lipinski definition) is 1. The Hall–Kier alpha value is -0.0800. The molecular formula is C18H34N2. The maximum atomic E-state index is 6.28. The molecule has 3 saturated carbocycles. The summed E-state index contributed by atoms with van der Waals surface area (Å²) in [7, 11) is 2.37. The van der Waals surface area contributed by atoms with Crippen molar-refractivity contribution in [3.63, 3.8) is 0 Å². The third-order valence-corrected chi connectivity index (χ3v) is 7.25. The third kappa shape index (κ3) is 2.43. The van der Waals surface area contributed by atoms with Gasteiger partial charge >= 0.3 is 0 Å². The Kier molecular flexibility index (Phi) is 4.16. The third-order valence-electron chi connectivity index (χ3n) is 7.25. The first-order chi connectivity index (χ1) is 9.55. The molecule has 0 radical (unpaired) electrons. The van der Waals surface area contributed by atoms with Crippen molar-refractivity contribution < 1.29 is 0 Å². The van der Waals surface area contributed by atoms with E-state index in [1.807, 2.05) is 0 Å². The van der Waals surface area contributed by atoms with Gasteiger partial charge in [0.15, 0.2) is 0 Å². The molecule has 2 N–H and O–H groups in total. The highest BCUT2D eigenvalue weighted by atomic mass is 15.2. The maximum absolute atomic E-state index is 6.28. The van der Waals surface area contributed by atoms with Gasteiger partial charge in [0.2, 0.25) is 0 Å². The summed E-state index contributed by atoms with van der Waals surface area (Å²) >= 11 is 0. The average molecular weight is 278 g/mol. The van der Waals surface area contributed by atoms with E-state index in [1.165, 1.54) is 51.5 Å². The Bertz CT molecular complexity index is 342. The number of likely N-dealkylation sites (N-methyl/N-ethyl adjacent to an activating group) is 1. The van der Waals surface area contributed by atoms with E-state index >= 15 is 0 Å². The molecule has 20 heavy (non-hydrogen) atoms. The molecule has 0 aromatic carbocycles. The van der Waals surface area contributed by atoms with E-state index in [0.29, 0.717) is 0 Å². The minimum absolute atomic E-state index is 0.286. The van der Waals surface area contributed by atoms with Crippen molar-refractivity contribution in [3.05, 3.63) is 0 Å². The Morgan fingerprint density at radius 1 is 1.10 bits per heavy atom. The Balaban J connectivity index is 1.66. The summed E-state index contributed by atoms with van der Waals surface area (Å²) in [6.45, 7) is 7.00. The largest absolute Gasteiger partial charge is 0.329 e. The van der Waals surface area contributed by atoms with Crippen LogP contribution in [0.1, 0.15) is 58.8 Å². The van der Waals surface area contributed by atoms with Gasteiger partial charge in [0, 0.05) is 18.6 Å². The fraction of sp³-hybridized carbons (Fsp3) is 1.00. The lowest BCUT2D eigenvalue weighted by Crippen LogP contribution is -2.59. The number of fused-ring (bicyclic) bond motifs is 2. The molecule has 2 heteroatoms. The maximum Gasteiger partial charge on any atom is 0.0354 e. The average Bonchev–Trinajstić information content (AvgIpc) is 3.01. The van der Waals surface area contributed by atoms with Crippen molar-refractivity contribution in [3.8, 4) is 0 Å². The summed E-state index contributed by atoms with van der Waals surface area (Å²) in [4.78, 5) is 2.69. The van der Waals surface area contributed by atoms with Gasteiger partial charge in [0.05, 0.1) is 0 Å². The van der Waals surface area contributed by atoms with Crippen molar-refractivity contribution in [1.82, 2.24) is 4.90 Å². The molecule has 0 aromatic heterocycles. The van der Waals surface area contributed by atoms with Crippen LogP contribution in [0.5, 0.6) is 0 Å². The number of hydrogen-bond acceptors (Lipinski definition) is 2. The first-order valence-corrected chi connectivity index (χ1v) is 8.96. The summed E-state index contributed by atoms with van der Waals surface area (Å²) in [5, 5.41) is 0. The highest BCUT2D eigenvalue weighted by Gasteiger charge is 2.45. The molecule has 0 saturated heterocycles. The van der Waals surface area contributed by atoms with Gasteiger partial charge in [0.25, 0.3) is 0 Å². The molecule has 3 aliphatic carbocycles. The van der Waals surface area contributed by atoms with E-state index in [2.05, 4.69) is 25.8 Å². The van der Waals surface area contributed by atoms with E-state index in [1.54, 1.807) is 0 Å². The molecule has 0 spiro atoms. The number of nitrogens with zero attached hydrogens (tertiary/aromatic N) is 1. The molecule has 0 amide bonds. The van der Waals surface area contributed by atoms with Gasteiger partial charge in [-0.3, -0.25) is 4.90 Å². The van der Waals surface area contributed by atoms with E-state index in [0.717, 1.165) is 36.1 Å². The van der Waals surface area contributed by atoms with Crippen molar-refractivity contribution in [2.24, 2.45) is 35.3 Å². The first kappa shape index (κ1) is 14.8. The predicted octanol–water partition coefficient (Wildman–Crippen LogP) is 3.51. The SMILES string of the molecule is CC1CCC(CN)(N(C)CC2CC3CCC2C3)C(C)C1. The van der Waals surface area contributed by atoms with Gasteiger partial charge in [-0.25, -0.2) is 0 Å². The molecule has 3 fully saturated rings. The lowest BCUT2D eigenvalue weighted by Gasteiger charge is -2.51. The van der Waals surface area contributed by atoms with Gasteiger partial charge in [-0.15, -0.1) is 0 Å². The van der Waals surface area contributed by atoms with Crippen LogP contribution in [0.2, 0.25) is 0 Å². The van der Waals surface area contributed by atoms with Crippen molar-refractivity contribution in [1.29, 1.82) is 0 Å². The van der Waals surface area contributed by atoms with Crippen LogP contribution in [0.3, 0.4) is 0 Å². The fourth-order valence-electron chi connectivity index (χ4n) is 5.84. The quantitative estimate of drug-likeness (QED) is 0.852. The van der Waals surface area contributed by atoms with Crippen LogP contribution in [-0.4, -0.2) is 30.6 Å². The minimum atomic E-state index is 0.286. The van der Waals surface area contributed by atoms with Crippen LogP contribution in [0.15, 0.2) is 0 Å². The molecule has 116 valence electrons. The Morgan fingerprint density at radius 3 is 2.45 bits per heavy atom. The van der Waals surface area contributed by atoms with E-state index in [9.17, 15) is 0 Å². The summed E-state index contributed by atoms with van der Waals surface area (Å²) < 4.78 is 0. The summed E-state index contributed by atoms with van der Waals surface area (Å²) in [6.07, 6.45) is 10.1. The van der Waals surface area contributed by atoms with Crippen molar-refractivity contribution in [2.45, 2.75) is 64.3 Å². The van der Waals surface area contributed by atoms with Crippen molar-refractivity contribution >= 4 is 0 Å². The zero-order valence-electron chi connectivity index (χ0n) is 13.8. The normalized spacial score (nSPS) is 48.1. The molecule has 0 aromatic rings. The summed E-state index contributed by atoms with van der Waals surface area (Å²) in [5.74, 6) is 4.71. The Labute approximate surface area is 125 Å². The van der Waals surface area contributed by atoms with Crippen LogP contribution in [-0.2, 0) is 0 Å². The fourth-order valence-corrected chi connectivity index (χ4v) is 5.84. The van der Waals surface area contributed by atoms with E-state index in [4.69, 9.17) is 5.73 Å². The van der Waals surface area contributed by atoms with Crippen molar-refractivity contribution in [2.75, 3.05) is 20.1 Å². The molecular weight excluding hydrogens is 244 g/mol. The van der Waals surface area contributed by atoms with E-state index < -0.39 is 0 Å². The van der Waals surface area contributed by atoms with Gasteiger partial charge in [0.1, 0.15) is 0 Å². The molecule has 6 unspecified atom stereocenters. The van der Waals surface area contributed by atoms with Crippen LogP contribution < -0.4 is 5.73 Å². The van der Waals surface area contributed by atoms with Gasteiger partial charge in [-0.05, 0) is 75.2 Å². The molecule has 2 nitrogen and oxygen atoms in total. The highest BCUT2D eigenvalue weighted by Crippen LogP contribution is 2.49. The molecule has 6 atom stereocenters. The van der Waals surface area contributed by atoms with Gasteiger partial charge < -0.3 is 5.73 Å².